The van der Waals surface area contributed by atoms with Gasteiger partial charge in [0.1, 0.15) is 5.82 Å². The molecule has 0 aromatic heterocycles. The van der Waals surface area contributed by atoms with E-state index in [2.05, 4.69) is 16.2 Å². The molecule has 0 saturated carbocycles. The third-order valence-corrected chi connectivity index (χ3v) is 3.37. The van der Waals surface area contributed by atoms with Gasteiger partial charge in [-0.3, -0.25) is 25.2 Å². The van der Waals surface area contributed by atoms with Crippen LogP contribution in [0.3, 0.4) is 0 Å². The summed E-state index contributed by atoms with van der Waals surface area (Å²) >= 11 is 0. The number of amides is 3. The van der Waals surface area contributed by atoms with Gasteiger partial charge in [0.2, 0.25) is 5.91 Å². The van der Waals surface area contributed by atoms with Crippen molar-refractivity contribution in [3.05, 3.63) is 71.0 Å². The maximum atomic E-state index is 12.8. The van der Waals surface area contributed by atoms with Crippen LogP contribution >= 0.6 is 0 Å². The van der Waals surface area contributed by atoms with Crippen LogP contribution < -0.4 is 16.2 Å². The number of benzene rings is 2. The number of carbonyl (C=O) groups excluding carboxylic acids is 3. The van der Waals surface area contributed by atoms with Crippen LogP contribution in [0.25, 0.3) is 0 Å². The summed E-state index contributed by atoms with van der Waals surface area (Å²) in [5.74, 6) is -1.71. The highest BCUT2D eigenvalue weighted by molar-refractivity contribution is 5.96. The fraction of sp³-hybridized carbons (Fsp3) is 0.167. The second-order valence-corrected chi connectivity index (χ2v) is 5.38. The molecular weight excluding hydrogens is 325 g/mol. The summed E-state index contributed by atoms with van der Waals surface area (Å²) in [6, 6.07) is 12.0. The molecule has 0 atom stereocenters. The van der Waals surface area contributed by atoms with E-state index in [1.807, 2.05) is 6.92 Å². The van der Waals surface area contributed by atoms with Gasteiger partial charge in [0.05, 0.1) is 0 Å². The molecule has 0 fully saturated rings. The lowest BCUT2D eigenvalue weighted by Crippen LogP contribution is -2.42. The van der Waals surface area contributed by atoms with Gasteiger partial charge in [-0.25, -0.2) is 4.39 Å². The van der Waals surface area contributed by atoms with Crippen LogP contribution in [0.5, 0.6) is 0 Å². The van der Waals surface area contributed by atoms with Gasteiger partial charge in [-0.15, -0.1) is 0 Å². The molecule has 0 aliphatic carbocycles. The summed E-state index contributed by atoms with van der Waals surface area (Å²) in [6.07, 6.45) is -0.0128. The highest BCUT2D eigenvalue weighted by atomic mass is 19.1. The number of aryl methyl sites for hydroxylation is 1. The molecule has 2 aromatic carbocycles. The van der Waals surface area contributed by atoms with Crippen molar-refractivity contribution in [3.8, 4) is 0 Å². The molecule has 130 valence electrons. The molecular formula is C18H18FN3O3. The van der Waals surface area contributed by atoms with E-state index in [-0.39, 0.29) is 13.0 Å². The van der Waals surface area contributed by atoms with E-state index in [0.717, 1.165) is 5.56 Å². The minimum atomic E-state index is -0.445. The molecule has 0 radical (unpaired) electrons. The van der Waals surface area contributed by atoms with Crippen molar-refractivity contribution >= 4 is 17.7 Å². The van der Waals surface area contributed by atoms with Gasteiger partial charge in [-0.2, -0.15) is 0 Å². The number of hydrogen-bond donors (Lipinski definition) is 3. The van der Waals surface area contributed by atoms with Gasteiger partial charge < -0.3 is 5.32 Å². The summed E-state index contributed by atoms with van der Waals surface area (Å²) in [7, 11) is 0. The average molecular weight is 343 g/mol. The monoisotopic (exact) mass is 343 g/mol. The van der Waals surface area contributed by atoms with Crippen molar-refractivity contribution in [2.75, 3.05) is 6.54 Å². The normalized spacial score (nSPS) is 10.0. The zero-order valence-electron chi connectivity index (χ0n) is 13.6. The third kappa shape index (κ3) is 5.72. The van der Waals surface area contributed by atoms with E-state index in [1.165, 1.54) is 24.3 Å². The zero-order valence-corrected chi connectivity index (χ0v) is 13.6. The topological polar surface area (TPSA) is 87.3 Å². The molecule has 3 amide bonds. The van der Waals surface area contributed by atoms with Gasteiger partial charge >= 0.3 is 0 Å². The Bertz CT molecular complexity index is 758. The molecule has 25 heavy (non-hydrogen) atoms. The predicted molar refractivity (Wildman–Crippen MR) is 90.1 cm³/mol. The number of hydrazine groups is 1. The average Bonchev–Trinajstić information content (AvgIpc) is 2.60. The molecule has 6 nitrogen and oxygen atoms in total. The van der Waals surface area contributed by atoms with Crippen LogP contribution in [-0.4, -0.2) is 24.3 Å². The van der Waals surface area contributed by atoms with Crippen LogP contribution in [0.1, 0.15) is 32.7 Å². The quantitative estimate of drug-likeness (QED) is 0.723. The molecule has 0 bridgehead atoms. The molecule has 7 heteroatoms. The van der Waals surface area contributed by atoms with Gasteiger partial charge in [-0.05, 0) is 43.3 Å². The Balaban J connectivity index is 1.70. The molecule has 0 aliphatic rings. The fourth-order valence-electron chi connectivity index (χ4n) is 1.96. The molecule has 3 N–H and O–H groups in total. The van der Waals surface area contributed by atoms with Gasteiger partial charge in [-0.1, -0.05) is 17.7 Å². The summed E-state index contributed by atoms with van der Waals surface area (Å²) in [5, 5.41) is 2.54. The minimum Gasteiger partial charge on any atom is -0.352 e. The smallest absolute Gasteiger partial charge is 0.269 e. The second kappa shape index (κ2) is 8.58. The highest BCUT2D eigenvalue weighted by Crippen LogP contribution is 2.03. The SMILES string of the molecule is Cc1ccc(C(=O)NNC(=O)CCNC(=O)c2ccc(F)cc2)cc1. The lowest BCUT2D eigenvalue weighted by molar-refractivity contribution is -0.121. The first-order valence-electron chi connectivity index (χ1n) is 7.65. The first-order valence-corrected chi connectivity index (χ1v) is 7.65. The number of halogens is 1. The first-order chi connectivity index (χ1) is 12.0. The van der Waals surface area contributed by atoms with E-state index in [9.17, 15) is 18.8 Å². The zero-order chi connectivity index (χ0) is 18.2. The first kappa shape index (κ1) is 18.1. The van der Waals surface area contributed by atoms with Crippen molar-refractivity contribution in [1.82, 2.24) is 16.2 Å². The summed E-state index contributed by atoms with van der Waals surface area (Å²) in [5.41, 5.74) is 6.33. The molecule has 2 aromatic rings. The molecule has 0 spiro atoms. The fourth-order valence-corrected chi connectivity index (χ4v) is 1.96. The Labute approximate surface area is 144 Å². The Morgan fingerprint density at radius 1 is 0.840 bits per heavy atom. The van der Waals surface area contributed by atoms with Crippen LogP contribution in [0, 0.1) is 12.7 Å². The Hall–Kier alpha value is -3.22. The molecule has 0 unspecified atom stereocenters. The van der Waals surface area contributed by atoms with Crippen molar-refractivity contribution < 1.29 is 18.8 Å². The maximum Gasteiger partial charge on any atom is 0.269 e. The number of carbonyl (C=O) groups is 3. The van der Waals surface area contributed by atoms with Gasteiger partial charge in [0.25, 0.3) is 11.8 Å². The van der Waals surface area contributed by atoms with Gasteiger partial charge in [0, 0.05) is 24.1 Å². The Morgan fingerprint density at radius 3 is 2.04 bits per heavy atom. The van der Waals surface area contributed by atoms with E-state index < -0.39 is 23.5 Å². The molecule has 0 saturated heterocycles. The minimum absolute atomic E-state index is 0.0128. The van der Waals surface area contributed by atoms with Gasteiger partial charge in [0.15, 0.2) is 0 Å². The largest absolute Gasteiger partial charge is 0.352 e. The number of rotatable bonds is 5. The second-order valence-electron chi connectivity index (χ2n) is 5.38. The standard InChI is InChI=1S/C18H18FN3O3/c1-12-2-4-14(5-3-12)18(25)22-21-16(23)10-11-20-17(24)13-6-8-15(19)9-7-13/h2-9H,10-11H2,1H3,(H,20,24)(H,21,23)(H,22,25). The lowest BCUT2D eigenvalue weighted by atomic mass is 10.1. The molecule has 0 aliphatic heterocycles. The van der Waals surface area contributed by atoms with Crippen LogP contribution in [0.4, 0.5) is 4.39 Å². The van der Waals surface area contributed by atoms with E-state index in [4.69, 9.17) is 0 Å². The van der Waals surface area contributed by atoms with Crippen molar-refractivity contribution in [2.45, 2.75) is 13.3 Å². The summed E-state index contributed by atoms with van der Waals surface area (Å²) < 4.78 is 12.8. The van der Waals surface area contributed by atoms with E-state index >= 15 is 0 Å². The van der Waals surface area contributed by atoms with Crippen molar-refractivity contribution in [1.29, 1.82) is 0 Å². The van der Waals surface area contributed by atoms with Crippen LogP contribution in [-0.2, 0) is 4.79 Å². The Morgan fingerprint density at radius 2 is 1.40 bits per heavy atom. The predicted octanol–water partition coefficient (Wildman–Crippen LogP) is 1.72. The van der Waals surface area contributed by atoms with Crippen molar-refractivity contribution in [3.63, 3.8) is 0 Å². The maximum absolute atomic E-state index is 12.8. The number of hydrogen-bond acceptors (Lipinski definition) is 3. The highest BCUT2D eigenvalue weighted by Gasteiger charge is 2.09. The van der Waals surface area contributed by atoms with Crippen LogP contribution in [0.15, 0.2) is 48.5 Å². The third-order valence-electron chi connectivity index (χ3n) is 3.37. The summed E-state index contributed by atoms with van der Waals surface area (Å²) in [6.45, 7) is 1.99. The molecule has 0 heterocycles. The van der Waals surface area contributed by atoms with Crippen molar-refractivity contribution in [2.24, 2.45) is 0 Å². The number of nitrogens with one attached hydrogen (secondary N) is 3. The summed E-state index contributed by atoms with van der Waals surface area (Å²) in [4.78, 5) is 35.3. The lowest BCUT2D eigenvalue weighted by Gasteiger charge is -2.08. The van der Waals surface area contributed by atoms with Crippen LogP contribution in [0.2, 0.25) is 0 Å². The molecule has 2 rings (SSSR count). The van der Waals surface area contributed by atoms with E-state index in [0.29, 0.717) is 11.1 Å². The van der Waals surface area contributed by atoms with E-state index in [1.54, 1.807) is 24.3 Å². The Kier molecular flexibility index (Phi) is 6.22.